The van der Waals surface area contributed by atoms with Crippen molar-refractivity contribution in [1.29, 1.82) is 0 Å². The van der Waals surface area contributed by atoms with Gasteiger partial charge in [0.05, 0.1) is 11.1 Å². The number of aliphatic hydroxyl groups excluding tert-OH is 1. The third kappa shape index (κ3) is 1.66. The maximum atomic E-state index is 13.0. The molecule has 0 saturated heterocycles. The van der Waals surface area contributed by atoms with E-state index in [-0.39, 0.29) is 22.5 Å². The molecule has 1 aromatic carbocycles. The van der Waals surface area contributed by atoms with Crippen molar-refractivity contribution in [2.45, 2.75) is 32.3 Å². The molecule has 0 amide bonds. The van der Waals surface area contributed by atoms with Crippen LogP contribution in [-0.2, 0) is 0 Å². The Bertz CT molecular complexity index is 389. The lowest BCUT2D eigenvalue weighted by Gasteiger charge is -2.49. The molecule has 15 heavy (non-hydrogen) atoms. The minimum Gasteiger partial charge on any atom is -0.393 e. The van der Waals surface area contributed by atoms with Gasteiger partial charge in [-0.05, 0) is 35.4 Å². The largest absolute Gasteiger partial charge is 0.393 e. The fraction of sp³-hybridized carbons (Fsp3) is 0.500. The van der Waals surface area contributed by atoms with E-state index in [0.29, 0.717) is 0 Å². The van der Waals surface area contributed by atoms with E-state index in [9.17, 15) is 9.50 Å². The van der Waals surface area contributed by atoms with Gasteiger partial charge in [0.2, 0.25) is 0 Å². The molecular formula is C12H14ClFO. The molecule has 0 heterocycles. The normalized spacial score (nSPS) is 28.6. The third-order valence-electron chi connectivity index (χ3n) is 3.56. The topological polar surface area (TPSA) is 20.2 Å². The number of hydrogen-bond donors (Lipinski definition) is 1. The van der Waals surface area contributed by atoms with Gasteiger partial charge in [0, 0.05) is 0 Å². The molecule has 2 unspecified atom stereocenters. The van der Waals surface area contributed by atoms with Gasteiger partial charge in [-0.15, -0.1) is 0 Å². The monoisotopic (exact) mass is 228 g/mol. The average molecular weight is 229 g/mol. The van der Waals surface area contributed by atoms with E-state index in [1.807, 2.05) is 13.8 Å². The van der Waals surface area contributed by atoms with Gasteiger partial charge in [-0.1, -0.05) is 31.5 Å². The van der Waals surface area contributed by atoms with E-state index in [4.69, 9.17) is 11.6 Å². The molecule has 1 saturated carbocycles. The van der Waals surface area contributed by atoms with Crippen LogP contribution in [0.25, 0.3) is 0 Å². The zero-order chi connectivity index (χ0) is 11.2. The highest BCUT2D eigenvalue weighted by atomic mass is 35.5. The number of rotatable bonds is 1. The Morgan fingerprint density at radius 3 is 2.60 bits per heavy atom. The lowest BCUT2D eigenvalue weighted by molar-refractivity contribution is -0.0625. The summed E-state index contributed by atoms with van der Waals surface area (Å²) in [4.78, 5) is 0. The number of benzene rings is 1. The number of aliphatic hydroxyl groups is 1. The second kappa shape index (κ2) is 3.46. The van der Waals surface area contributed by atoms with Gasteiger partial charge in [-0.25, -0.2) is 4.39 Å². The van der Waals surface area contributed by atoms with E-state index >= 15 is 0 Å². The highest BCUT2D eigenvalue weighted by Gasteiger charge is 2.47. The molecule has 1 nitrogen and oxygen atoms in total. The van der Waals surface area contributed by atoms with Gasteiger partial charge in [-0.3, -0.25) is 0 Å². The van der Waals surface area contributed by atoms with Gasteiger partial charge in [0.25, 0.3) is 0 Å². The predicted molar refractivity (Wildman–Crippen MR) is 58.6 cm³/mol. The van der Waals surface area contributed by atoms with Crippen molar-refractivity contribution >= 4 is 11.6 Å². The Morgan fingerprint density at radius 2 is 2.13 bits per heavy atom. The zero-order valence-electron chi connectivity index (χ0n) is 8.80. The number of halogens is 2. The summed E-state index contributed by atoms with van der Waals surface area (Å²) in [5.74, 6) is -0.122. The summed E-state index contributed by atoms with van der Waals surface area (Å²) in [6.45, 7) is 4.03. The van der Waals surface area contributed by atoms with Crippen molar-refractivity contribution in [3.05, 3.63) is 34.6 Å². The molecule has 1 aromatic rings. The Hall–Kier alpha value is -0.600. The summed E-state index contributed by atoms with van der Waals surface area (Å²) in [6, 6.07) is 4.80. The first-order chi connectivity index (χ1) is 6.93. The second-order valence-corrected chi connectivity index (χ2v) is 5.21. The fourth-order valence-electron chi connectivity index (χ4n) is 2.20. The van der Waals surface area contributed by atoms with Crippen LogP contribution in [0.2, 0.25) is 5.02 Å². The molecular weight excluding hydrogens is 215 g/mol. The Balaban J connectivity index is 2.29. The first-order valence-electron chi connectivity index (χ1n) is 5.06. The molecule has 0 spiro atoms. The van der Waals surface area contributed by atoms with E-state index in [2.05, 4.69) is 0 Å². The van der Waals surface area contributed by atoms with Gasteiger partial charge in [-0.2, -0.15) is 0 Å². The van der Waals surface area contributed by atoms with Crippen LogP contribution in [-0.4, -0.2) is 11.2 Å². The maximum absolute atomic E-state index is 13.0. The smallest absolute Gasteiger partial charge is 0.141 e. The molecule has 1 fully saturated rings. The predicted octanol–water partition coefficient (Wildman–Crippen LogP) is 3.35. The van der Waals surface area contributed by atoms with Crippen LogP contribution in [0.15, 0.2) is 18.2 Å². The molecule has 2 atom stereocenters. The molecule has 1 aliphatic rings. The lowest BCUT2D eigenvalue weighted by atomic mass is 9.58. The first kappa shape index (κ1) is 10.9. The fourth-order valence-corrected chi connectivity index (χ4v) is 2.39. The Morgan fingerprint density at radius 1 is 1.47 bits per heavy atom. The lowest BCUT2D eigenvalue weighted by Crippen LogP contribution is -2.47. The number of hydrogen-bond acceptors (Lipinski definition) is 1. The molecule has 0 aromatic heterocycles. The van der Waals surface area contributed by atoms with E-state index in [1.54, 1.807) is 12.1 Å². The van der Waals surface area contributed by atoms with Gasteiger partial charge in [0.1, 0.15) is 5.82 Å². The summed E-state index contributed by atoms with van der Waals surface area (Å²) in [5, 5.41) is 9.78. The van der Waals surface area contributed by atoms with Gasteiger partial charge < -0.3 is 5.11 Å². The van der Waals surface area contributed by atoms with Crippen LogP contribution >= 0.6 is 11.6 Å². The molecule has 0 radical (unpaired) electrons. The van der Waals surface area contributed by atoms with Crippen LogP contribution in [0, 0.1) is 11.2 Å². The first-order valence-corrected chi connectivity index (χ1v) is 5.43. The molecule has 1 N–H and O–H groups in total. The van der Waals surface area contributed by atoms with E-state index in [0.717, 1.165) is 12.0 Å². The summed E-state index contributed by atoms with van der Waals surface area (Å²) in [5.41, 5.74) is 0.873. The van der Waals surface area contributed by atoms with Crippen LogP contribution in [0.5, 0.6) is 0 Å². The minimum atomic E-state index is -0.391. The Kier molecular flexibility index (Phi) is 2.52. The maximum Gasteiger partial charge on any atom is 0.141 e. The molecule has 1 aliphatic carbocycles. The van der Waals surface area contributed by atoms with Crippen molar-refractivity contribution in [3.8, 4) is 0 Å². The van der Waals surface area contributed by atoms with Crippen LogP contribution in [0.1, 0.15) is 31.7 Å². The van der Waals surface area contributed by atoms with Crippen LogP contribution in [0.4, 0.5) is 4.39 Å². The summed E-state index contributed by atoms with van der Waals surface area (Å²) >= 11 is 5.73. The van der Waals surface area contributed by atoms with Crippen molar-refractivity contribution in [1.82, 2.24) is 0 Å². The minimum absolute atomic E-state index is 0.138. The standard InChI is InChI=1S/C12H14ClFO/c1-12(2)8(6-11(12)15)7-3-4-10(14)9(13)5-7/h3-5,8,11,15H,6H2,1-2H3. The molecule has 0 bridgehead atoms. The Labute approximate surface area is 93.9 Å². The molecule has 82 valence electrons. The molecule has 2 rings (SSSR count). The summed E-state index contributed by atoms with van der Waals surface area (Å²) < 4.78 is 13.0. The highest BCUT2D eigenvalue weighted by Crippen LogP contribution is 2.52. The second-order valence-electron chi connectivity index (χ2n) is 4.80. The van der Waals surface area contributed by atoms with Crippen molar-refractivity contribution in [2.75, 3.05) is 0 Å². The average Bonchev–Trinajstić information content (AvgIpc) is 2.19. The van der Waals surface area contributed by atoms with Crippen molar-refractivity contribution in [2.24, 2.45) is 5.41 Å². The van der Waals surface area contributed by atoms with Crippen LogP contribution < -0.4 is 0 Å². The van der Waals surface area contributed by atoms with Crippen LogP contribution in [0.3, 0.4) is 0 Å². The van der Waals surface area contributed by atoms with Crippen molar-refractivity contribution in [3.63, 3.8) is 0 Å². The van der Waals surface area contributed by atoms with Gasteiger partial charge in [0.15, 0.2) is 0 Å². The third-order valence-corrected chi connectivity index (χ3v) is 3.85. The molecule has 3 heteroatoms. The van der Waals surface area contributed by atoms with Gasteiger partial charge >= 0.3 is 0 Å². The van der Waals surface area contributed by atoms with E-state index < -0.39 is 5.82 Å². The summed E-state index contributed by atoms with van der Waals surface area (Å²) in [7, 11) is 0. The highest BCUT2D eigenvalue weighted by molar-refractivity contribution is 6.30. The molecule has 0 aliphatic heterocycles. The van der Waals surface area contributed by atoms with Crippen molar-refractivity contribution < 1.29 is 9.50 Å². The zero-order valence-corrected chi connectivity index (χ0v) is 9.55. The van der Waals surface area contributed by atoms with E-state index in [1.165, 1.54) is 6.07 Å². The summed E-state index contributed by atoms with van der Waals surface area (Å²) in [6.07, 6.45) is 0.459. The quantitative estimate of drug-likeness (QED) is 0.782. The SMILES string of the molecule is CC1(C)C(O)CC1c1ccc(F)c(Cl)c1.